The number of amides is 1. The predicted molar refractivity (Wildman–Crippen MR) is 126 cm³/mol. The molecule has 7 nitrogen and oxygen atoms in total. The van der Waals surface area contributed by atoms with E-state index >= 15 is 0 Å². The fraction of sp³-hybridized carbons (Fsp3) is 0.200. The van der Waals surface area contributed by atoms with Crippen molar-refractivity contribution in [1.29, 1.82) is 0 Å². The minimum atomic E-state index is -0.213. The maximum atomic E-state index is 12.9. The number of aryl methyl sites for hydroxylation is 1. The predicted octanol–water partition coefficient (Wildman–Crippen LogP) is 4.40. The van der Waals surface area contributed by atoms with Gasteiger partial charge in [-0.25, -0.2) is 0 Å². The number of carbonyl (C=O) groups excluding carboxylic acids is 1. The highest BCUT2D eigenvalue weighted by Crippen LogP contribution is 2.24. The second kappa shape index (κ2) is 8.63. The first-order valence-electron chi connectivity index (χ1n) is 10.8. The molecular weight excluding hydrogens is 400 g/mol. The van der Waals surface area contributed by atoms with E-state index in [9.17, 15) is 4.79 Å². The zero-order valence-corrected chi connectivity index (χ0v) is 17.9. The number of hydrogen-bond donors (Lipinski definition) is 1. The topological polar surface area (TPSA) is 75.9 Å². The van der Waals surface area contributed by atoms with E-state index in [1.54, 1.807) is 17.8 Å². The summed E-state index contributed by atoms with van der Waals surface area (Å²) in [5.41, 5.74) is 4.60. The van der Waals surface area contributed by atoms with E-state index in [1.807, 2.05) is 66.7 Å². The summed E-state index contributed by atoms with van der Waals surface area (Å²) in [5, 5.41) is 16.3. The van der Waals surface area contributed by atoms with Crippen LogP contribution in [0.3, 0.4) is 0 Å². The Bertz CT molecular complexity index is 1230. The average Bonchev–Trinajstić information content (AvgIpc) is 3.50. The Morgan fingerprint density at radius 2 is 1.62 bits per heavy atom. The number of hydrogen-bond acceptors (Lipinski definition) is 5. The van der Waals surface area contributed by atoms with Gasteiger partial charge in [0.15, 0.2) is 5.82 Å². The maximum Gasteiger partial charge on any atom is 0.273 e. The molecule has 1 amide bonds. The number of nitrogens with zero attached hydrogens (tertiary/aromatic N) is 5. The first-order valence-corrected chi connectivity index (χ1v) is 10.8. The van der Waals surface area contributed by atoms with Crippen LogP contribution in [0.15, 0.2) is 72.8 Å². The molecule has 4 aromatic rings. The lowest BCUT2D eigenvalue weighted by atomic mass is 10.1. The average molecular weight is 425 g/mol. The van der Waals surface area contributed by atoms with E-state index in [4.69, 9.17) is 0 Å². The van der Waals surface area contributed by atoms with Crippen LogP contribution in [0.1, 0.15) is 23.3 Å². The van der Waals surface area contributed by atoms with Gasteiger partial charge in [0.05, 0.1) is 11.4 Å². The molecule has 7 heteroatoms. The molecule has 1 fully saturated rings. The summed E-state index contributed by atoms with van der Waals surface area (Å²) in [5.74, 6) is 0.705. The standard InChI is InChI=1S/C25H24N6O/c1-30-23(17-22(29-30)18-8-3-2-4-9-18)25(32)26-20-11-7-10-19(16-20)21-12-13-24(28-27-21)31-14-5-6-15-31/h2-4,7-13,16-17H,5-6,14-15H2,1H3,(H,26,32). The van der Waals surface area contributed by atoms with E-state index in [0.29, 0.717) is 11.4 Å². The molecule has 2 aromatic carbocycles. The third-order valence-electron chi connectivity index (χ3n) is 5.68. The molecule has 0 bridgehead atoms. The minimum absolute atomic E-state index is 0.213. The van der Waals surface area contributed by atoms with Crippen LogP contribution in [0, 0.1) is 0 Å². The zero-order valence-electron chi connectivity index (χ0n) is 17.9. The summed E-state index contributed by atoms with van der Waals surface area (Å²) in [6, 6.07) is 23.3. The molecule has 0 aliphatic carbocycles. The lowest BCUT2D eigenvalue weighted by molar-refractivity contribution is 0.101. The van der Waals surface area contributed by atoms with E-state index in [2.05, 4.69) is 25.5 Å². The summed E-state index contributed by atoms with van der Waals surface area (Å²) in [6.07, 6.45) is 2.41. The largest absolute Gasteiger partial charge is 0.355 e. The van der Waals surface area contributed by atoms with Gasteiger partial charge in [-0.2, -0.15) is 5.10 Å². The number of rotatable bonds is 5. The Morgan fingerprint density at radius 1 is 0.844 bits per heavy atom. The number of nitrogens with one attached hydrogen (secondary N) is 1. The van der Waals surface area contributed by atoms with E-state index < -0.39 is 0 Å². The Labute approximate surface area is 186 Å². The Morgan fingerprint density at radius 3 is 2.38 bits per heavy atom. The van der Waals surface area contributed by atoms with Gasteiger partial charge in [0.2, 0.25) is 0 Å². The van der Waals surface area contributed by atoms with E-state index in [-0.39, 0.29) is 5.91 Å². The van der Waals surface area contributed by atoms with Gasteiger partial charge < -0.3 is 10.2 Å². The Balaban J connectivity index is 1.33. The van der Waals surface area contributed by atoms with Crippen molar-refractivity contribution < 1.29 is 4.79 Å². The van der Waals surface area contributed by atoms with Crippen LogP contribution in [0.2, 0.25) is 0 Å². The highest BCUT2D eigenvalue weighted by molar-refractivity contribution is 6.04. The van der Waals surface area contributed by atoms with Crippen LogP contribution in [-0.2, 0) is 7.05 Å². The molecule has 5 rings (SSSR count). The zero-order chi connectivity index (χ0) is 21.9. The highest BCUT2D eigenvalue weighted by atomic mass is 16.2. The van der Waals surface area contributed by atoms with Crippen LogP contribution >= 0.6 is 0 Å². The summed E-state index contributed by atoms with van der Waals surface area (Å²) < 4.78 is 1.60. The summed E-state index contributed by atoms with van der Waals surface area (Å²) in [7, 11) is 1.77. The summed E-state index contributed by atoms with van der Waals surface area (Å²) in [6.45, 7) is 2.07. The van der Waals surface area contributed by atoms with Crippen LogP contribution in [0.4, 0.5) is 11.5 Å². The van der Waals surface area contributed by atoms with Crippen molar-refractivity contribution >= 4 is 17.4 Å². The summed E-state index contributed by atoms with van der Waals surface area (Å²) >= 11 is 0. The van der Waals surface area contributed by atoms with Gasteiger partial charge in [-0.3, -0.25) is 9.48 Å². The van der Waals surface area contributed by atoms with Gasteiger partial charge in [-0.1, -0.05) is 42.5 Å². The van der Waals surface area contributed by atoms with E-state index in [1.165, 1.54) is 12.8 Å². The van der Waals surface area contributed by atoms with Crippen LogP contribution in [0.25, 0.3) is 22.5 Å². The molecule has 1 N–H and O–H groups in total. The van der Waals surface area contributed by atoms with Gasteiger partial charge >= 0.3 is 0 Å². The molecule has 0 radical (unpaired) electrons. The number of anilines is 2. The van der Waals surface area contributed by atoms with Crippen LogP contribution in [-0.4, -0.2) is 39.0 Å². The normalized spacial score (nSPS) is 13.3. The Hall–Kier alpha value is -4.00. The second-order valence-corrected chi connectivity index (χ2v) is 7.91. The molecule has 2 aromatic heterocycles. The first kappa shape index (κ1) is 19.9. The molecule has 3 heterocycles. The molecule has 1 saturated heterocycles. The quantitative estimate of drug-likeness (QED) is 0.514. The minimum Gasteiger partial charge on any atom is -0.355 e. The lowest BCUT2D eigenvalue weighted by Crippen LogP contribution is -2.19. The van der Waals surface area contributed by atoms with E-state index in [0.717, 1.165) is 41.4 Å². The third kappa shape index (κ3) is 4.09. The Kier molecular flexibility index (Phi) is 5.37. The van der Waals surface area contributed by atoms with Crippen molar-refractivity contribution in [1.82, 2.24) is 20.0 Å². The smallest absolute Gasteiger partial charge is 0.273 e. The monoisotopic (exact) mass is 424 g/mol. The molecule has 0 unspecified atom stereocenters. The SMILES string of the molecule is Cn1nc(-c2ccccc2)cc1C(=O)Nc1cccc(-c2ccc(N3CCCC3)nn2)c1. The second-order valence-electron chi connectivity index (χ2n) is 7.91. The molecule has 0 spiro atoms. The van der Waals surface area contributed by atoms with Gasteiger partial charge in [-0.05, 0) is 43.2 Å². The maximum absolute atomic E-state index is 12.9. The number of carbonyl (C=O) groups is 1. The number of benzene rings is 2. The fourth-order valence-electron chi connectivity index (χ4n) is 3.98. The molecule has 1 aliphatic heterocycles. The number of aromatic nitrogens is 4. The fourth-order valence-corrected chi connectivity index (χ4v) is 3.98. The molecule has 0 saturated carbocycles. The van der Waals surface area contributed by atoms with Crippen LogP contribution in [0.5, 0.6) is 0 Å². The van der Waals surface area contributed by atoms with Gasteiger partial charge in [0.1, 0.15) is 5.69 Å². The molecule has 1 aliphatic rings. The van der Waals surface area contributed by atoms with Crippen molar-refractivity contribution in [3.8, 4) is 22.5 Å². The summed E-state index contributed by atoms with van der Waals surface area (Å²) in [4.78, 5) is 15.2. The van der Waals surface area contributed by atoms with Crippen molar-refractivity contribution in [3.63, 3.8) is 0 Å². The van der Waals surface area contributed by atoms with Gasteiger partial charge in [0, 0.05) is 37.0 Å². The van der Waals surface area contributed by atoms with Crippen molar-refractivity contribution in [2.24, 2.45) is 7.05 Å². The molecule has 0 atom stereocenters. The first-order chi connectivity index (χ1) is 15.7. The lowest BCUT2D eigenvalue weighted by Gasteiger charge is -2.15. The van der Waals surface area contributed by atoms with Crippen molar-refractivity contribution in [2.45, 2.75) is 12.8 Å². The molecular formula is C25H24N6O. The molecule has 160 valence electrons. The third-order valence-corrected chi connectivity index (χ3v) is 5.68. The van der Waals surface area contributed by atoms with Gasteiger partial charge in [0.25, 0.3) is 5.91 Å². The van der Waals surface area contributed by atoms with Crippen molar-refractivity contribution in [3.05, 3.63) is 78.5 Å². The molecule has 32 heavy (non-hydrogen) atoms. The highest BCUT2D eigenvalue weighted by Gasteiger charge is 2.16. The van der Waals surface area contributed by atoms with Crippen molar-refractivity contribution in [2.75, 3.05) is 23.3 Å². The van der Waals surface area contributed by atoms with Crippen LogP contribution < -0.4 is 10.2 Å². The van der Waals surface area contributed by atoms with Gasteiger partial charge in [-0.15, -0.1) is 10.2 Å².